The summed E-state index contributed by atoms with van der Waals surface area (Å²) in [5.74, 6) is -0.354. The molecule has 6 heteroatoms. The minimum absolute atomic E-state index is 0.0139. The van der Waals surface area contributed by atoms with Crippen LogP contribution in [0.2, 0.25) is 5.02 Å². The first kappa shape index (κ1) is 15.0. The summed E-state index contributed by atoms with van der Waals surface area (Å²) in [7, 11) is 0. The molecule has 1 aliphatic rings. The van der Waals surface area contributed by atoms with Gasteiger partial charge in [-0.15, -0.1) is 0 Å². The van der Waals surface area contributed by atoms with Crippen LogP contribution in [0.15, 0.2) is 36.7 Å². The molecule has 1 aromatic carbocycles. The lowest BCUT2D eigenvalue weighted by atomic mass is 9.95. The first-order valence-electron chi connectivity index (χ1n) is 7.29. The van der Waals surface area contributed by atoms with E-state index in [4.69, 9.17) is 11.6 Å². The summed E-state index contributed by atoms with van der Waals surface area (Å²) in [6, 6.07) is 6.30. The van der Waals surface area contributed by atoms with Gasteiger partial charge in [-0.1, -0.05) is 17.7 Å². The lowest BCUT2D eigenvalue weighted by Crippen LogP contribution is -2.32. The fourth-order valence-corrected chi connectivity index (χ4v) is 2.98. The van der Waals surface area contributed by atoms with E-state index in [2.05, 4.69) is 10.4 Å². The second kappa shape index (κ2) is 6.08. The van der Waals surface area contributed by atoms with E-state index in [0.717, 1.165) is 18.4 Å². The molecule has 1 aliphatic carbocycles. The summed E-state index contributed by atoms with van der Waals surface area (Å²) < 4.78 is 14.9. The van der Waals surface area contributed by atoms with Gasteiger partial charge in [0, 0.05) is 42.3 Å². The Morgan fingerprint density at radius 1 is 1.45 bits per heavy atom. The van der Waals surface area contributed by atoms with Gasteiger partial charge >= 0.3 is 0 Å². The molecule has 1 aromatic heterocycles. The van der Waals surface area contributed by atoms with Crippen LogP contribution in [0, 0.1) is 5.82 Å². The largest absolute Gasteiger partial charge is 0.355 e. The minimum Gasteiger partial charge on any atom is -0.355 e. The Kier molecular flexibility index (Phi) is 4.16. The highest BCUT2D eigenvalue weighted by Gasteiger charge is 2.45. The summed E-state index contributed by atoms with van der Waals surface area (Å²) in [5, 5.41) is 7.45. The van der Waals surface area contributed by atoms with Crippen LogP contribution >= 0.6 is 11.6 Å². The SMILES string of the molecule is O=C(CCn1cccn1)NCC1(c2ccc(F)cc2Cl)CC1. The minimum atomic E-state index is -0.340. The zero-order valence-corrected chi connectivity index (χ0v) is 12.8. The molecular formula is C16H17ClFN3O. The molecule has 2 aromatic rings. The predicted molar refractivity (Wildman–Crippen MR) is 82.2 cm³/mol. The second-order valence-electron chi connectivity index (χ2n) is 5.70. The van der Waals surface area contributed by atoms with Crippen molar-refractivity contribution in [3.05, 3.63) is 53.1 Å². The third kappa shape index (κ3) is 3.30. The molecule has 1 N–H and O–H groups in total. The van der Waals surface area contributed by atoms with Gasteiger partial charge in [-0.3, -0.25) is 9.48 Å². The number of aromatic nitrogens is 2. The number of amides is 1. The molecule has 1 saturated carbocycles. The molecule has 0 atom stereocenters. The maximum absolute atomic E-state index is 13.1. The van der Waals surface area contributed by atoms with Crippen molar-refractivity contribution in [3.63, 3.8) is 0 Å². The Morgan fingerprint density at radius 3 is 2.91 bits per heavy atom. The quantitative estimate of drug-likeness (QED) is 0.889. The van der Waals surface area contributed by atoms with Crippen LogP contribution in [-0.4, -0.2) is 22.2 Å². The highest BCUT2D eigenvalue weighted by molar-refractivity contribution is 6.31. The second-order valence-corrected chi connectivity index (χ2v) is 6.11. The molecule has 0 bridgehead atoms. The molecule has 3 rings (SSSR count). The first-order chi connectivity index (χ1) is 10.6. The van der Waals surface area contributed by atoms with Gasteiger partial charge in [-0.05, 0) is 36.6 Å². The summed E-state index contributed by atoms with van der Waals surface area (Å²) in [4.78, 5) is 11.9. The Morgan fingerprint density at radius 2 is 2.27 bits per heavy atom. The van der Waals surface area contributed by atoms with Crippen LogP contribution in [0.25, 0.3) is 0 Å². The normalized spacial score (nSPS) is 15.5. The molecule has 1 heterocycles. The molecule has 22 heavy (non-hydrogen) atoms. The van der Waals surface area contributed by atoms with Crippen molar-refractivity contribution in [3.8, 4) is 0 Å². The number of carbonyl (C=O) groups is 1. The molecule has 0 saturated heterocycles. The summed E-state index contributed by atoms with van der Waals surface area (Å²) >= 11 is 6.13. The zero-order chi connectivity index (χ0) is 15.6. The third-order valence-corrected chi connectivity index (χ3v) is 4.42. The van der Waals surface area contributed by atoms with Gasteiger partial charge in [0.15, 0.2) is 0 Å². The van der Waals surface area contributed by atoms with Crippen LogP contribution in [0.5, 0.6) is 0 Å². The molecule has 1 fully saturated rings. The molecule has 0 spiro atoms. The average Bonchev–Trinajstić information content (AvgIpc) is 3.08. The summed E-state index contributed by atoms with van der Waals surface area (Å²) in [6.45, 7) is 1.10. The van der Waals surface area contributed by atoms with Gasteiger partial charge in [0.25, 0.3) is 0 Å². The lowest BCUT2D eigenvalue weighted by Gasteiger charge is -2.18. The molecule has 0 unspecified atom stereocenters. The number of rotatable bonds is 6. The highest BCUT2D eigenvalue weighted by Crippen LogP contribution is 2.50. The number of halogens is 2. The van der Waals surface area contributed by atoms with Crippen molar-refractivity contribution in [1.82, 2.24) is 15.1 Å². The number of aryl methyl sites for hydroxylation is 1. The van der Waals surface area contributed by atoms with E-state index in [1.54, 1.807) is 16.9 Å². The standard InChI is InChI=1S/C16H17ClFN3O/c17-14-10-12(18)2-3-13(14)16(5-6-16)11-19-15(22)4-9-21-8-1-7-20-21/h1-3,7-8,10H,4-6,9,11H2,(H,19,22). The Hall–Kier alpha value is -1.88. The van der Waals surface area contributed by atoms with Crippen molar-refractivity contribution in [2.24, 2.45) is 0 Å². The maximum Gasteiger partial charge on any atom is 0.221 e. The zero-order valence-electron chi connectivity index (χ0n) is 12.1. The van der Waals surface area contributed by atoms with Crippen molar-refractivity contribution in [2.45, 2.75) is 31.2 Å². The third-order valence-electron chi connectivity index (χ3n) is 4.11. The monoisotopic (exact) mass is 321 g/mol. The van der Waals surface area contributed by atoms with Crippen molar-refractivity contribution >= 4 is 17.5 Å². The number of hydrogen-bond donors (Lipinski definition) is 1. The van der Waals surface area contributed by atoms with Crippen molar-refractivity contribution < 1.29 is 9.18 Å². The number of nitrogens with zero attached hydrogens (tertiary/aromatic N) is 2. The summed E-state index contributed by atoms with van der Waals surface area (Å²) in [6.07, 6.45) is 5.81. The first-order valence-corrected chi connectivity index (χ1v) is 7.67. The highest BCUT2D eigenvalue weighted by atomic mass is 35.5. The van der Waals surface area contributed by atoms with Crippen LogP contribution < -0.4 is 5.32 Å². The van der Waals surface area contributed by atoms with Gasteiger partial charge in [0.05, 0.1) is 0 Å². The van der Waals surface area contributed by atoms with Crippen LogP contribution in [-0.2, 0) is 16.8 Å². The number of nitrogens with one attached hydrogen (secondary N) is 1. The Bertz CT molecular complexity index is 668. The predicted octanol–water partition coefficient (Wildman–Crippen LogP) is 2.91. The topological polar surface area (TPSA) is 46.9 Å². The molecular weight excluding hydrogens is 305 g/mol. The molecule has 0 aliphatic heterocycles. The van der Waals surface area contributed by atoms with Crippen molar-refractivity contribution in [1.29, 1.82) is 0 Å². The smallest absolute Gasteiger partial charge is 0.221 e. The van der Waals surface area contributed by atoms with Gasteiger partial charge in [0.2, 0.25) is 5.91 Å². The number of benzene rings is 1. The van der Waals surface area contributed by atoms with E-state index in [9.17, 15) is 9.18 Å². The fraction of sp³-hybridized carbons (Fsp3) is 0.375. The Labute approximate surface area is 133 Å². The van der Waals surface area contributed by atoms with E-state index in [0.29, 0.717) is 24.5 Å². The molecule has 4 nitrogen and oxygen atoms in total. The van der Waals surface area contributed by atoms with Gasteiger partial charge in [-0.2, -0.15) is 5.10 Å². The number of hydrogen-bond acceptors (Lipinski definition) is 2. The average molecular weight is 322 g/mol. The van der Waals surface area contributed by atoms with E-state index in [-0.39, 0.29) is 17.1 Å². The van der Waals surface area contributed by atoms with Crippen molar-refractivity contribution in [2.75, 3.05) is 6.54 Å². The van der Waals surface area contributed by atoms with Gasteiger partial charge < -0.3 is 5.32 Å². The van der Waals surface area contributed by atoms with E-state index in [1.165, 1.54) is 12.1 Å². The van der Waals surface area contributed by atoms with Crippen LogP contribution in [0.1, 0.15) is 24.8 Å². The van der Waals surface area contributed by atoms with Crippen LogP contribution in [0.3, 0.4) is 0 Å². The van der Waals surface area contributed by atoms with Gasteiger partial charge in [0.1, 0.15) is 5.82 Å². The number of carbonyl (C=O) groups excluding carboxylic acids is 1. The Balaban J connectivity index is 1.55. The summed E-state index contributed by atoms with van der Waals surface area (Å²) in [5.41, 5.74) is 0.787. The fourth-order valence-electron chi connectivity index (χ4n) is 2.62. The van der Waals surface area contributed by atoms with E-state index < -0.39 is 0 Å². The van der Waals surface area contributed by atoms with Crippen LogP contribution in [0.4, 0.5) is 4.39 Å². The molecule has 0 radical (unpaired) electrons. The molecule has 1 amide bonds. The van der Waals surface area contributed by atoms with E-state index >= 15 is 0 Å². The molecule has 116 valence electrons. The maximum atomic E-state index is 13.1. The van der Waals surface area contributed by atoms with E-state index in [1.807, 2.05) is 12.3 Å². The lowest BCUT2D eigenvalue weighted by molar-refractivity contribution is -0.121. The van der Waals surface area contributed by atoms with Gasteiger partial charge in [-0.25, -0.2) is 4.39 Å².